The molecule has 2 aromatic carbocycles. The number of alkyl halides is 6. The van der Waals surface area contributed by atoms with E-state index in [9.17, 15) is 35.8 Å². The third-order valence-electron chi connectivity index (χ3n) is 7.67. The highest BCUT2D eigenvalue weighted by molar-refractivity contribution is 5.65. The summed E-state index contributed by atoms with van der Waals surface area (Å²) in [6.45, 7) is 2.36. The fraction of sp³-hybridized carbons (Fsp3) is 0.393. The molecule has 1 N–H and O–H groups in total. The number of benzene rings is 2. The van der Waals surface area contributed by atoms with Crippen molar-refractivity contribution >= 4 is 0 Å². The number of fused-ring (bicyclic) bond motifs is 1. The van der Waals surface area contributed by atoms with E-state index in [-0.39, 0.29) is 23.3 Å². The first-order chi connectivity index (χ1) is 18.2. The van der Waals surface area contributed by atoms with E-state index in [2.05, 4.69) is 9.88 Å². The summed E-state index contributed by atoms with van der Waals surface area (Å²) >= 11 is 0. The number of hydrogen-bond donors (Lipinski definition) is 1. The Morgan fingerprint density at radius 3 is 2.23 bits per heavy atom. The van der Waals surface area contributed by atoms with Crippen molar-refractivity contribution in [3.8, 4) is 16.9 Å². The normalized spacial score (nSPS) is 19.0. The molecule has 11 heteroatoms. The van der Waals surface area contributed by atoms with Crippen LogP contribution in [0.15, 0.2) is 54.9 Å². The molecule has 1 atom stereocenters. The number of ether oxygens (including phenoxy) is 1. The summed E-state index contributed by atoms with van der Waals surface area (Å²) in [5.41, 5.74) is -3.55. The van der Waals surface area contributed by atoms with Crippen LogP contribution in [0.5, 0.6) is 5.75 Å². The molecule has 1 aromatic heterocycles. The molecule has 0 radical (unpaired) electrons. The lowest BCUT2D eigenvalue weighted by Gasteiger charge is -2.38. The minimum Gasteiger partial charge on any atom is -0.485 e. The van der Waals surface area contributed by atoms with Gasteiger partial charge in [0.1, 0.15) is 17.2 Å². The molecule has 1 saturated heterocycles. The summed E-state index contributed by atoms with van der Waals surface area (Å²) < 4.78 is 100. The zero-order valence-electron chi connectivity index (χ0n) is 20.8. The second-order valence-electron chi connectivity index (χ2n) is 10.4. The van der Waals surface area contributed by atoms with Gasteiger partial charge in [0.15, 0.2) is 5.60 Å². The lowest BCUT2D eigenvalue weighted by atomic mass is 9.86. The van der Waals surface area contributed by atoms with Gasteiger partial charge in [0.05, 0.1) is 11.8 Å². The number of aromatic nitrogens is 1. The van der Waals surface area contributed by atoms with E-state index < -0.39 is 40.5 Å². The monoisotopic (exact) mass is 554 g/mol. The molecule has 2 aliphatic heterocycles. The van der Waals surface area contributed by atoms with Crippen molar-refractivity contribution < 1.29 is 40.6 Å². The number of likely N-dealkylation sites (tertiary alicyclic amines) is 1. The number of pyridine rings is 1. The van der Waals surface area contributed by atoms with E-state index in [0.717, 1.165) is 17.8 Å². The van der Waals surface area contributed by atoms with Crippen molar-refractivity contribution in [1.29, 1.82) is 0 Å². The molecule has 0 aliphatic carbocycles. The third-order valence-corrected chi connectivity index (χ3v) is 7.67. The predicted molar refractivity (Wildman–Crippen MR) is 128 cm³/mol. The maximum atomic E-state index is 14.7. The SMILES string of the molecule is CC(O)(c1ccc(-c2ccc(CN3CCC4(CC3)Cc3c(cncc3C(F)(F)F)O4)cc2)c(F)c1)C(F)(F)F. The summed E-state index contributed by atoms with van der Waals surface area (Å²) in [6.07, 6.45) is -5.98. The first-order valence-electron chi connectivity index (χ1n) is 12.3. The maximum Gasteiger partial charge on any atom is 0.421 e. The molecule has 2 aliphatic rings. The Morgan fingerprint density at radius 1 is 0.974 bits per heavy atom. The van der Waals surface area contributed by atoms with Gasteiger partial charge in [0.25, 0.3) is 0 Å². The van der Waals surface area contributed by atoms with Crippen LogP contribution in [0.25, 0.3) is 11.1 Å². The molecule has 1 fully saturated rings. The van der Waals surface area contributed by atoms with Gasteiger partial charge in [-0.15, -0.1) is 0 Å². The van der Waals surface area contributed by atoms with Gasteiger partial charge in [-0.05, 0) is 29.7 Å². The molecule has 5 rings (SSSR count). The average molecular weight is 555 g/mol. The lowest BCUT2D eigenvalue weighted by Crippen LogP contribution is -2.47. The van der Waals surface area contributed by atoms with Crippen LogP contribution in [0.1, 0.15) is 42.0 Å². The summed E-state index contributed by atoms with van der Waals surface area (Å²) in [6, 6.07) is 9.89. The van der Waals surface area contributed by atoms with Crippen LogP contribution in [0.4, 0.5) is 30.7 Å². The van der Waals surface area contributed by atoms with Gasteiger partial charge in [-0.1, -0.05) is 36.4 Å². The van der Waals surface area contributed by atoms with E-state index in [1.165, 1.54) is 12.3 Å². The Kier molecular flexibility index (Phi) is 6.66. The molecular weight excluding hydrogens is 529 g/mol. The smallest absolute Gasteiger partial charge is 0.421 e. The lowest BCUT2D eigenvalue weighted by molar-refractivity contribution is -0.258. The van der Waals surface area contributed by atoms with Gasteiger partial charge in [-0.2, -0.15) is 26.3 Å². The van der Waals surface area contributed by atoms with Gasteiger partial charge in [-0.25, -0.2) is 4.39 Å². The van der Waals surface area contributed by atoms with Crippen LogP contribution in [-0.2, 0) is 24.7 Å². The Bertz CT molecular complexity index is 1360. The van der Waals surface area contributed by atoms with Crippen LogP contribution in [0.2, 0.25) is 0 Å². The van der Waals surface area contributed by atoms with Gasteiger partial charge in [0, 0.05) is 56.2 Å². The zero-order valence-corrected chi connectivity index (χ0v) is 20.8. The molecule has 3 heterocycles. The van der Waals surface area contributed by atoms with Crippen molar-refractivity contribution in [2.24, 2.45) is 0 Å². The second kappa shape index (κ2) is 9.48. The predicted octanol–water partition coefficient (Wildman–Crippen LogP) is 6.65. The van der Waals surface area contributed by atoms with Crippen LogP contribution in [0.3, 0.4) is 0 Å². The van der Waals surface area contributed by atoms with Crippen molar-refractivity contribution in [3.63, 3.8) is 0 Å². The van der Waals surface area contributed by atoms with Gasteiger partial charge in [0.2, 0.25) is 0 Å². The molecule has 0 amide bonds. The Hall–Kier alpha value is -3.18. The summed E-state index contributed by atoms with van der Waals surface area (Å²) in [5, 5.41) is 9.81. The first-order valence-corrected chi connectivity index (χ1v) is 12.3. The van der Waals surface area contributed by atoms with Gasteiger partial charge < -0.3 is 9.84 Å². The molecule has 4 nitrogen and oxygen atoms in total. The topological polar surface area (TPSA) is 45.6 Å². The van der Waals surface area contributed by atoms with Crippen molar-refractivity contribution in [1.82, 2.24) is 9.88 Å². The van der Waals surface area contributed by atoms with Crippen molar-refractivity contribution in [3.05, 3.63) is 82.9 Å². The van der Waals surface area contributed by atoms with Crippen LogP contribution >= 0.6 is 0 Å². The number of aliphatic hydroxyl groups is 1. The molecule has 0 bridgehead atoms. The fourth-order valence-electron chi connectivity index (χ4n) is 5.24. The number of halogens is 7. The Labute approximate surface area is 220 Å². The third kappa shape index (κ3) is 5.21. The molecular formula is C28H25F7N2O2. The Balaban J connectivity index is 1.22. The summed E-state index contributed by atoms with van der Waals surface area (Å²) in [7, 11) is 0. The quantitative estimate of drug-likeness (QED) is 0.367. The number of nitrogens with zero attached hydrogens (tertiary/aromatic N) is 2. The summed E-state index contributed by atoms with van der Waals surface area (Å²) in [5.74, 6) is -0.691. The van der Waals surface area contributed by atoms with Crippen LogP contribution < -0.4 is 4.74 Å². The van der Waals surface area contributed by atoms with E-state index in [4.69, 9.17) is 4.74 Å². The highest BCUT2D eigenvalue weighted by Gasteiger charge is 2.51. The number of hydrogen-bond acceptors (Lipinski definition) is 4. The highest BCUT2D eigenvalue weighted by Crippen LogP contribution is 2.46. The van der Waals surface area contributed by atoms with Crippen molar-refractivity contribution in [2.75, 3.05) is 13.1 Å². The van der Waals surface area contributed by atoms with Crippen LogP contribution in [-0.4, -0.2) is 39.9 Å². The molecule has 0 saturated carbocycles. The van der Waals surface area contributed by atoms with E-state index in [1.54, 1.807) is 24.3 Å². The van der Waals surface area contributed by atoms with Gasteiger partial charge >= 0.3 is 12.4 Å². The molecule has 1 unspecified atom stereocenters. The average Bonchev–Trinajstić information content (AvgIpc) is 3.22. The minimum atomic E-state index is -4.95. The van der Waals surface area contributed by atoms with Crippen LogP contribution in [0, 0.1) is 5.82 Å². The minimum absolute atomic E-state index is 0.105. The number of rotatable bonds is 4. The molecule has 3 aromatic rings. The van der Waals surface area contributed by atoms with Crippen molar-refractivity contribution in [2.45, 2.75) is 56.3 Å². The second-order valence-corrected chi connectivity index (χ2v) is 10.4. The standard InChI is InChI=1S/C28H25F7N2O2/c1-25(38,28(33,34)35)19-6-7-20(23(29)12-19)18-4-2-17(3-5-18)16-37-10-8-26(9-11-37)13-21-22(27(30,31)32)14-36-15-24(21)39-26/h2-7,12,14-15,38H,8-11,13,16H2,1H3. The maximum absolute atomic E-state index is 14.7. The highest BCUT2D eigenvalue weighted by atomic mass is 19.4. The Morgan fingerprint density at radius 2 is 1.64 bits per heavy atom. The molecule has 208 valence electrons. The summed E-state index contributed by atoms with van der Waals surface area (Å²) in [4.78, 5) is 5.85. The van der Waals surface area contributed by atoms with Gasteiger partial charge in [-0.3, -0.25) is 9.88 Å². The largest absolute Gasteiger partial charge is 0.485 e. The van der Waals surface area contributed by atoms with E-state index in [1.807, 2.05) is 0 Å². The fourth-order valence-corrected chi connectivity index (χ4v) is 5.24. The zero-order chi connectivity index (χ0) is 28.2. The van der Waals surface area contributed by atoms with E-state index in [0.29, 0.717) is 51.0 Å². The van der Waals surface area contributed by atoms with E-state index >= 15 is 0 Å². The molecule has 39 heavy (non-hydrogen) atoms. The molecule has 1 spiro atoms. The number of piperidine rings is 1. The first kappa shape index (κ1) is 27.4.